The van der Waals surface area contributed by atoms with Crippen LogP contribution in [-0.2, 0) is 16.0 Å². The van der Waals surface area contributed by atoms with Crippen LogP contribution in [0.1, 0.15) is 19.8 Å². The van der Waals surface area contributed by atoms with Gasteiger partial charge in [0.05, 0.1) is 37.2 Å². The van der Waals surface area contributed by atoms with Crippen LogP contribution >= 0.6 is 0 Å². The maximum Gasteiger partial charge on any atom is 0.193 e. The van der Waals surface area contributed by atoms with Gasteiger partial charge in [0.2, 0.25) is 0 Å². The molecule has 1 aliphatic rings. The van der Waals surface area contributed by atoms with E-state index in [9.17, 15) is 0 Å². The number of ether oxygens (including phenoxy) is 2. The number of hydrogen-bond acceptors (Lipinski definition) is 4. The maximum absolute atomic E-state index is 5.70. The van der Waals surface area contributed by atoms with Crippen LogP contribution < -0.4 is 5.32 Å². The highest BCUT2D eigenvalue weighted by Crippen LogP contribution is 2.17. The summed E-state index contributed by atoms with van der Waals surface area (Å²) >= 11 is 0. The molecule has 1 aromatic heterocycles. The summed E-state index contributed by atoms with van der Waals surface area (Å²) in [6.07, 6.45) is 4.07. The zero-order valence-electron chi connectivity index (χ0n) is 17.1. The minimum Gasteiger partial charge on any atom is -0.382 e. The predicted molar refractivity (Wildman–Crippen MR) is 113 cm³/mol. The molecule has 28 heavy (non-hydrogen) atoms. The number of fused-ring (bicyclic) bond motifs is 1. The van der Waals surface area contributed by atoms with Gasteiger partial charge in [-0.25, -0.2) is 4.98 Å². The SMILES string of the molecule is CCNC(=NCCCn1cnc2ccccc21)N1CCC(COCCOC)C1. The average Bonchev–Trinajstić information content (AvgIpc) is 3.35. The van der Waals surface area contributed by atoms with Crippen molar-refractivity contribution in [3.8, 4) is 0 Å². The first kappa shape index (κ1) is 20.6. The Morgan fingerprint density at radius 2 is 2.21 bits per heavy atom. The van der Waals surface area contributed by atoms with Gasteiger partial charge >= 0.3 is 0 Å². The van der Waals surface area contributed by atoms with Gasteiger partial charge in [-0.1, -0.05) is 12.1 Å². The lowest BCUT2D eigenvalue weighted by Crippen LogP contribution is -2.40. The zero-order chi connectivity index (χ0) is 19.6. The number of guanidine groups is 1. The number of para-hydroxylation sites is 2. The van der Waals surface area contributed by atoms with Gasteiger partial charge in [-0.2, -0.15) is 0 Å². The summed E-state index contributed by atoms with van der Waals surface area (Å²) < 4.78 is 12.9. The normalized spacial score (nSPS) is 17.6. The van der Waals surface area contributed by atoms with Crippen LogP contribution in [0.4, 0.5) is 0 Å². The van der Waals surface area contributed by atoms with E-state index in [2.05, 4.69) is 44.9 Å². The van der Waals surface area contributed by atoms with Crippen LogP contribution in [0.2, 0.25) is 0 Å². The van der Waals surface area contributed by atoms with Gasteiger partial charge < -0.3 is 24.3 Å². The minimum atomic E-state index is 0.568. The summed E-state index contributed by atoms with van der Waals surface area (Å²) in [7, 11) is 1.70. The van der Waals surface area contributed by atoms with Crippen molar-refractivity contribution in [1.82, 2.24) is 19.8 Å². The fraction of sp³-hybridized carbons (Fsp3) is 0.619. The van der Waals surface area contributed by atoms with E-state index in [0.717, 1.165) is 63.6 Å². The van der Waals surface area contributed by atoms with Crippen LogP contribution in [0.15, 0.2) is 35.6 Å². The topological polar surface area (TPSA) is 63.9 Å². The highest BCUT2D eigenvalue weighted by atomic mass is 16.5. The Balaban J connectivity index is 1.46. The highest BCUT2D eigenvalue weighted by molar-refractivity contribution is 5.80. The van der Waals surface area contributed by atoms with Crippen molar-refractivity contribution in [1.29, 1.82) is 0 Å². The molecule has 0 spiro atoms. The Hall–Kier alpha value is -2.12. The number of aliphatic imine (C=N–C) groups is 1. The van der Waals surface area contributed by atoms with E-state index in [-0.39, 0.29) is 0 Å². The Morgan fingerprint density at radius 1 is 1.32 bits per heavy atom. The summed E-state index contributed by atoms with van der Waals surface area (Å²) in [6, 6.07) is 8.26. The quantitative estimate of drug-likeness (QED) is 0.385. The Morgan fingerprint density at radius 3 is 3.07 bits per heavy atom. The van der Waals surface area contributed by atoms with Gasteiger partial charge in [-0.05, 0) is 31.9 Å². The number of nitrogens with one attached hydrogen (secondary N) is 1. The summed E-state index contributed by atoms with van der Waals surface area (Å²) in [6.45, 7) is 8.91. The molecule has 1 aliphatic heterocycles. The summed E-state index contributed by atoms with van der Waals surface area (Å²) in [4.78, 5) is 11.7. The van der Waals surface area contributed by atoms with Crippen LogP contribution in [-0.4, -0.2) is 73.5 Å². The van der Waals surface area contributed by atoms with Gasteiger partial charge in [-0.3, -0.25) is 4.99 Å². The number of nitrogens with zero attached hydrogens (tertiary/aromatic N) is 4. The Bertz CT molecular complexity index is 745. The van der Waals surface area contributed by atoms with E-state index >= 15 is 0 Å². The summed E-state index contributed by atoms with van der Waals surface area (Å²) in [5.41, 5.74) is 2.24. The molecule has 0 bridgehead atoms. The fourth-order valence-corrected chi connectivity index (χ4v) is 3.59. The van der Waals surface area contributed by atoms with Gasteiger partial charge in [0.15, 0.2) is 5.96 Å². The van der Waals surface area contributed by atoms with Crippen molar-refractivity contribution in [2.75, 3.05) is 53.1 Å². The van der Waals surface area contributed by atoms with Crippen molar-refractivity contribution in [2.24, 2.45) is 10.9 Å². The van der Waals surface area contributed by atoms with Crippen molar-refractivity contribution in [2.45, 2.75) is 26.3 Å². The van der Waals surface area contributed by atoms with Crippen LogP contribution in [0.25, 0.3) is 11.0 Å². The number of methoxy groups -OCH3 is 1. The molecule has 2 heterocycles. The lowest BCUT2D eigenvalue weighted by atomic mass is 10.1. The predicted octanol–water partition coefficient (Wildman–Crippen LogP) is 2.38. The number of rotatable bonds is 10. The first-order valence-electron chi connectivity index (χ1n) is 10.3. The molecule has 0 aliphatic carbocycles. The number of aryl methyl sites for hydroxylation is 1. The first-order valence-corrected chi connectivity index (χ1v) is 10.3. The smallest absolute Gasteiger partial charge is 0.193 e. The molecule has 3 rings (SSSR count). The molecule has 1 atom stereocenters. The number of hydrogen-bond donors (Lipinski definition) is 1. The molecule has 1 saturated heterocycles. The monoisotopic (exact) mass is 387 g/mol. The number of aromatic nitrogens is 2. The summed E-state index contributed by atoms with van der Waals surface area (Å²) in [5, 5.41) is 3.44. The molecule has 1 aromatic carbocycles. The van der Waals surface area contributed by atoms with E-state index in [0.29, 0.717) is 19.1 Å². The molecule has 0 amide bonds. The molecule has 0 radical (unpaired) electrons. The van der Waals surface area contributed by atoms with E-state index in [1.54, 1.807) is 7.11 Å². The second kappa shape index (κ2) is 11.0. The number of imidazole rings is 1. The van der Waals surface area contributed by atoms with Gasteiger partial charge in [0.25, 0.3) is 0 Å². The molecule has 1 fully saturated rings. The van der Waals surface area contributed by atoms with Crippen molar-refractivity contribution in [3.63, 3.8) is 0 Å². The third kappa shape index (κ3) is 5.69. The van der Waals surface area contributed by atoms with Gasteiger partial charge in [0.1, 0.15) is 0 Å². The van der Waals surface area contributed by atoms with Crippen LogP contribution in [0.5, 0.6) is 0 Å². The van der Waals surface area contributed by atoms with E-state index < -0.39 is 0 Å². The molecular weight excluding hydrogens is 354 g/mol. The molecule has 1 unspecified atom stereocenters. The molecule has 154 valence electrons. The van der Waals surface area contributed by atoms with Crippen molar-refractivity contribution < 1.29 is 9.47 Å². The lowest BCUT2D eigenvalue weighted by molar-refractivity contribution is 0.0536. The molecule has 0 saturated carbocycles. The first-order chi connectivity index (χ1) is 13.8. The fourth-order valence-electron chi connectivity index (χ4n) is 3.59. The van der Waals surface area contributed by atoms with Crippen LogP contribution in [0.3, 0.4) is 0 Å². The summed E-state index contributed by atoms with van der Waals surface area (Å²) in [5.74, 6) is 1.59. The lowest BCUT2D eigenvalue weighted by Gasteiger charge is -2.21. The molecule has 7 heteroatoms. The molecule has 1 N–H and O–H groups in total. The van der Waals surface area contributed by atoms with Gasteiger partial charge in [0, 0.05) is 45.8 Å². The maximum atomic E-state index is 5.70. The zero-order valence-corrected chi connectivity index (χ0v) is 17.1. The van der Waals surface area contributed by atoms with Crippen molar-refractivity contribution in [3.05, 3.63) is 30.6 Å². The average molecular weight is 388 g/mol. The molecular formula is C21H33N5O2. The van der Waals surface area contributed by atoms with Crippen molar-refractivity contribution >= 4 is 17.0 Å². The third-order valence-corrected chi connectivity index (χ3v) is 5.05. The molecule has 2 aromatic rings. The highest BCUT2D eigenvalue weighted by Gasteiger charge is 2.24. The van der Waals surface area contributed by atoms with Crippen LogP contribution in [0, 0.1) is 5.92 Å². The Kier molecular flexibility index (Phi) is 8.11. The molecule has 7 nitrogen and oxygen atoms in total. The second-order valence-corrected chi connectivity index (χ2v) is 7.18. The minimum absolute atomic E-state index is 0.568. The van der Waals surface area contributed by atoms with E-state index in [4.69, 9.17) is 14.5 Å². The standard InChI is InChI=1S/C21H33N5O2/c1-3-22-21(25-12-9-18(15-25)16-28-14-13-27-2)23-10-6-11-26-17-24-19-7-4-5-8-20(19)26/h4-5,7-8,17-18H,3,6,9-16H2,1-2H3,(H,22,23). The number of likely N-dealkylation sites (tertiary alicyclic amines) is 1. The number of benzene rings is 1. The second-order valence-electron chi connectivity index (χ2n) is 7.18. The largest absolute Gasteiger partial charge is 0.382 e. The third-order valence-electron chi connectivity index (χ3n) is 5.05. The van der Waals surface area contributed by atoms with E-state index in [1.165, 1.54) is 5.52 Å². The van der Waals surface area contributed by atoms with E-state index in [1.807, 2.05) is 12.4 Å². The van der Waals surface area contributed by atoms with Gasteiger partial charge in [-0.15, -0.1) is 0 Å². The Labute approximate surface area is 167 Å².